The van der Waals surface area contributed by atoms with Crippen molar-refractivity contribution in [3.05, 3.63) is 23.3 Å². The second kappa shape index (κ2) is 25.2. The molecular weight excluding hydrogens is 859 g/mol. The molecule has 4 fully saturated rings. The molecule has 2 aliphatic heterocycles. The maximum atomic E-state index is 15.4. The number of amides is 4. The Hall–Kier alpha value is -5.06. The first-order valence-corrected chi connectivity index (χ1v) is 23.6. The third-order valence-corrected chi connectivity index (χ3v) is 13.5. The summed E-state index contributed by atoms with van der Waals surface area (Å²) in [5.74, 6) is -1.37. The van der Waals surface area contributed by atoms with Crippen molar-refractivity contribution in [1.29, 1.82) is 0 Å². The number of piperazine rings is 2. The number of hydrogen-bond donors (Lipinski definition) is 6. The topological polar surface area (TPSA) is 228 Å². The van der Waals surface area contributed by atoms with Gasteiger partial charge in [0.05, 0.1) is 24.9 Å². The quantitative estimate of drug-likeness (QED) is 0.0634. The molecule has 2 aromatic rings. The standard InChI is InChI=1S/2C22H36FN7O3/c2*1-4-18-24-20(19(23)21(25-18)29-10-9-28(3)15(2)12-29)26-27-22(32)17(13-30(33)14-31)11-16-7-5-6-8-16/h2*14-17,33H,4-13H2,1-3H3,(H,27,32)(H,24,25,26)/t2*15-,17-/m11/s1. The Morgan fingerprint density at radius 2 is 1.03 bits per heavy atom. The predicted octanol–water partition coefficient (Wildman–Crippen LogP) is 3.61. The monoisotopic (exact) mass is 931 g/mol. The van der Waals surface area contributed by atoms with E-state index >= 15 is 8.78 Å². The molecule has 6 rings (SSSR count). The van der Waals surface area contributed by atoms with E-state index in [9.17, 15) is 29.6 Å². The molecule has 0 radical (unpaired) electrons. The summed E-state index contributed by atoms with van der Waals surface area (Å²) in [7, 11) is 4.08. The van der Waals surface area contributed by atoms with Crippen LogP contribution in [0, 0.1) is 35.3 Å². The Morgan fingerprint density at radius 3 is 1.35 bits per heavy atom. The Kier molecular flexibility index (Phi) is 19.8. The lowest BCUT2D eigenvalue weighted by Gasteiger charge is -2.38. The van der Waals surface area contributed by atoms with E-state index in [0.717, 1.165) is 64.5 Å². The van der Waals surface area contributed by atoms with Crippen LogP contribution in [0.25, 0.3) is 0 Å². The van der Waals surface area contributed by atoms with Crippen LogP contribution >= 0.6 is 0 Å². The van der Waals surface area contributed by atoms with Crippen LogP contribution in [-0.4, -0.2) is 153 Å². The lowest BCUT2D eigenvalue weighted by Crippen LogP contribution is -2.50. The third kappa shape index (κ3) is 14.5. The van der Waals surface area contributed by atoms with Gasteiger partial charge in [-0.25, -0.2) is 30.1 Å². The predicted molar refractivity (Wildman–Crippen MR) is 244 cm³/mol. The summed E-state index contributed by atoms with van der Waals surface area (Å²) >= 11 is 0. The fourth-order valence-electron chi connectivity index (χ4n) is 9.15. The lowest BCUT2D eigenvalue weighted by molar-refractivity contribution is -0.155. The molecule has 2 saturated heterocycles. The number of hydrazine groups is 2. The zero-order chi connectivity index (χ0) is 47.9. The van der Waals surface area contributed by atoms with E-state index < -0.39 is 35.3 Å². The number of aryl methyl sites for hydroxylation is 2. The summed E-state index contributed by atoms with van der Waals surface area (Å²) in [6.07, 6.45) is 11.3. The molecule has 66 heavy (non-hydrogen) atoms. The number of nitrogens with one attached hydrogen (secondary N) is 4. The van der Waals surface area contributed by atoms with Gasteiger partial charge >= 0.3 is 0 Å². The number of hydrogen-bond acceptors (Lipinski definition) is 16. The van der Waals surface area contributed by atoms with Crippen molar-refractivity contribution in [2.24, 2.45) is 23.7 Å². The fourth-order valence-corrected chi connectivity index (χ4v) is 9.15. The number of carbonyl (C=O) groups is 4. The molecule has 0 spiro atoms. The number of anilines is 4. The van der Waals surface area contributed by atoms with Crippen molar-refractivity contribution in [3.63, 3.8) is 0 Å². The van der Waals surface area contributed by atoms with Crippen molar-refractivity contribution < 1.29 is 38.4 Å². The van der Waals surface area contributed by atoms with E-state index in [4.69, 9.17) is 0 Å². The van der Waals surface area contributed by atoms with E-state index in [2.05, 4.69) is 65.3 Å². The van der Waals surface area contributed by atoms with E-state index in [-0.39, 0.29) is 61.3 Å². The second-order valence-corrected chi connectivity index (χ2v) is 18.4. The highest BCUT2D eigenvalue weighted by atomic mass is 19.1. The van der Waals surface area contributed by atoms with Gasteiger partial charge in [-0.15, -0.1) is 0 Å². The first-order valence-electron chi connectivity index (χ1n) is 23.6. The molecule has 368 valence electrons. The molecule has 0 aromatic carbocycles. The summed E-state index contributed by atoms with van der Waals surface area (Å²) in [6, 6.07) is 0.509. The minimum atomic E-state index is -0.621. The van der Waals surface area contributed by atoms with E-state index in [1.54, 1.807) is 0 Å². The van der Waals surface area contributed by atoms with Gasteiger partial charge in [0.25, 0.3) is 0 Å². The molecule has 6 N–H and O–H groups in total. The normalized spacial score (nSPS) is 20.5. The summed E-state index contributed by atoms with van der Waals surface area (Å²) in [5, 5.41) is 20.2. The van der Waals surface area contributed by atoms with Gasteiger partial charge in [0.2, 0.25) is 36.3 Å². The molecule has 4 heterocycles. The third-order valence-electron chi connectivity index (χ3n) is 13.5. The highest BCUT2D eigenvalue weighted by Gasteiger charge is 2.31. The van der Waals surface area contributed by atoms with Crippen molar-refractivity contribution >= 4 is 47.9 Å². The van der Waals surface area contributed by atoms with Gasteiger partial charge in [-0.05, 0) is 52.6 Å². The van der Waals surface area contributed by atoms with Crippen LogP contribution in [0.3, 0.4) is 0 Å². The van der Waals surface area contributed by atoms with Gasteiger partial charge in [-0.1, -0.05) is 65.2 Å². The minimum Gasteiger partial charge on any atom is -0.351 e. The van der Waals surface area contributed by atoms with Gasteiger partial charge in [0.1, 0.15) is 11.6 Å². The Bertz CT molecular complexity index is 1780. The van der Waals surface area contributed by atoms with E-state index in [1.807, 2.05) is 37.7 Å². The van der Waals surface area contributed by atoms with Crippen LogP contribution in [0.5, 0.6) is 0 Å². The average Bonchev–Trinajstić information content (AvgIpc) is 4.05. The zero-order valence-electron chi connectivity index (χ0n) is 39.5. The Balaban J connectivity index is 0.000000247. The average molecular weight is 931 g/mol. The van der Waals surface area contributed by atoms with Gasteiger partial charge in [0, 0.05) is 64.2 Å². The van der Waals surface area contributed by atoms with Gasteiger partial charge in [-0.2, -0.15) is 8.78 Å². The highest BCUT2D eigenvalue weighted by molar-refractivity contribution is 5.81. The zero-order valence-corrected chi connectivity index (χ0v) is 39.5. The Morgan fingerprint density at radius 1 is 0.667 bits per heavy atom. The molecule has 0 bridgehead atoms. The molecule has 2 saturated carbocycles. The highest BCUT2D eigenvalue weighted by Crippen LogP contribution is 2.32. The van der Waals surface area contributed by atoms with Gasteiger partial charge < -0.3 is 19.6 Å². The molecule has 20 nitrogen and oxygen atoms in total. The number of halogens is 2. The maximum Gasteiger partial charge on any atom is 0.243 e. The van der Waals surface area contributed by atoms with Crippen LogP contribution in [-0.2, 0) is 32.0 Å². The van der Waals surface area contributed by atoms with Crippen molar-refractivity contribution in [2.45, 2.75) is 117 Å². The van der Waals surface area contributed by atoms with Crippen LogP contribution in [0.15, 0.2) is 0 Å². The van der Waals surface area contributed by atoms with Gasteiger partial charge in [0.15, 0.2) is 23.3 Å². The number of rotatable bonds is 20. The van der Waals surface area contributed by atoms with Crippen LogP contribution < -0.4 is 31.5 Å². The smallest absolute Gasteiger partial charge is 0.243 e. The molecule has 4 amide bonds. The van der Waals surface area contributed by atoms with Crippen molar-refractivity contribution in [2.75, 3.05) is 87.1 Å². The summed E-state index contributed by atoms with van der Waals surface area (Å²) in [6.45, 7) is 11.9. The second-order valence-electron chi connectivity index (χ2n) is 18.4. The molecular formula is C44H72F2N14O6. The van der Waals surface area contributed by atoms with Crippen LogP contribution in [0.1, 0.15) is 104 Å². The molecule has 2 aliphatic carbocycles. The van der Waals surface area contributed by atoms with E-state index in [0.29, 0.717) is 85.5 Å². The van der Waals surface area contributed by atoms with Crippen molar-refractivity contribution in [3.8, 4) is 0 Å². The van der Waals surface area contributed by atoms with E-state index in [1.165, 1.54) is 0 Å². The molecule has 4 aliphatic rings. The summed E-state index contributed by atoms with van der Waals surface area (Å²) < 4.78 is 30.7. The molecule has 0 unspecified atom stereocenters. The maximum absolute atomic E-state index is 15.4. The summed E-state index contributed by atoms with van der Waals surface area (Å²) in [4.78, 5) is 73.0. The molecule has 2 aromatic heterocycles. The first kappa shape index (κ1) is 51.9. The van der Waals surface area contributed by atoms with Gasteiger partial charge in [-0.3, -0.25) is 51.3 Å². The first-order chi connectivity index (χ1) is 31.6. The number of likely N-dealkylation sites (N-methyl/N-ethyl adjacent to an activating group) is 2. The molecule has 4 atom stereocenters. The Labute approximate surface area is 387 Å². The molecule has 22 heteroatoms. The SMILES string of the molecule is CCc1nc(NNC(=O)[C@H](CC2CCCC2)CN(O)C=O)c(F)c(N2CCN(C)[C@H](C)C2)n1.CCc1nc(NNC(=O)[C@H](CC2CCCC2)CN(O)C=O)c(F)c(N2CCN(C)[C@H](C)C2)n1. The fraction of sp³-hybridized carbons (Fsp3) is 0.727. The van der Waals surface area contributed by atoms with Crippen LogP contribution in [0.4, 0.5) is 32.1 Å². The van der Waals surface area contributed by atoms with Crippen LogP contribution in [0.2, 0.25) is 0 Å². The number of nitrogens with zero attached hydrogens (tertiary/aromatic N) is 10. The number of carbonyl (C=O) groups excluding carboxylic acids is 4. The lowest BCUT2D eigenvalue weighted by atomic mass is 9.92. The van der Waals surface area contributed by atoms with Crippen molar-refractivity contribution in [1.82, 2.24) is 50.7 Å². The summed E-state index contributed by atoms with van der Waals surface area (Å²) in [5.41, 5.74) is 10.3. The number of hydroxylamine groups is 4. The largest absolute Gasteiger partial charge is 0.351 e. The number of aromatic nitrogens is 4. The minimum absolute atomic E-state index is 0.0901.